The Hall–Kier alpha value is -1.15. The van der Waals surface area contributed by atoms with E-state index in [4.69, 9.17) is 5.73 Å². The van der Waals surface area contributed by atoms with E-state index in [0.717, 1.165) is 5.56 Å². The van der Waals surface area contributed by atoms with Crippen molar-refractivity contribution in [2.75, 3.05) is 0 Å². The summed E-state index contributed by atoms with van der Waals surface area (Å²) in [6.07, 6.45) is 6.68. The molecule has 1 saturated carbocycles. The zero-order chi connectivity index (χ0) is 12.3. The van der Waals surface area contributed by atoms with Crippen molar-refractivity contribution in [3.63, 3.8) is 0 Å². The molecule has 2 heteroatoms. The summed E-state index contributed by atoms with van der Waals surface area (Å²) in [7, 11) is 0. The fraction of sp³-hybridized carbons (Fsp3) is 0.533. The fourth-order valence-electron chi connectivity index (χ4n) is 2.65. The molecule has 17 heavy (non-hydrogen) atoms. The van der Waals surface area contributed by atoms with Crippen LogP contribution >= 0.6 is 0 Å². The highest BCUT2D eigenvalue weighted by atomic mass is 16.1. The minimum atomic E-state index is -0.463. The van der Waals surface area contributed by atoms with Crippen LogP contribution in [-0.2, 0) is 4.79 Å². The first-order valence-corrected chi connectivity index (χ1v) is 6.54. The van der Waals surface area contributed by atoms with Crippen molar-refractivity contribution >= 4 is 5.78 Å². The molecule has 0 heterocycles. The van der Waals surface area contributed by atoms with E-state index in [-0.39, 0.29) is 5.78 Å². The van der Waals surface area contributed by atoms with Crippen molar-refractivity contribution in [1.82, 2.24) is 0 Å². The first kappa shape index (κ1) is 12.3. The van der Waals surface area contributed by atoms with Gasteiger partial charge in [0.1, 0.15) is 0 Å². The van der Waals surface area contributed by atoms with Gasteiger partial charge in [-0.3, -0.25) is 4.79 Å². The summed E-state index contributed by atoms with van der Waals surface area (Å²) < 4.78 is 0. The van der Waals surface area contributed by atoms with Crippen LogP contribution in [0, 0.1) is 0 Å². The van der Waals surface area contributed by atoms with E-state index in [2.05, 4.69) is 12.1 Å². The Labute approximate surface area is 103 Å². The lowest BCUT2D eigenvalue weighted by molar-refractivity contribution is -0.118. The lowest BCUT2D eigenvalue weighted by Gasteiger charge is -2.22. The van der Waals surface area contributed by atoms with Gasteiger partial charge in [-0.2, -0.15) is 0 Å². The summed E-state index contributed by atoms with van der Waals surface area (Å²) >= 11 is 0. The van der Waals surface area contributed by atoms with Crippen molar-refractivity contribution in [2.24, 2.45) is 5.73 Å². The second-order valence-corrected chi connectivity index (χ2v) is 5.09. The normalized spacial score (nSPS) is 18.9. The summed E-state index contributed by atoms with van der Waals surface area (Å²) in [5.74, 6) is 0.738. The van der Waals surface area contributed by atoms with Crippen molar-refractivity contribution in [2.45, 2.75) is 51.0 Å². The van der Waals surface area contributed by atoms with E-state index in [1.54, 1.807) is 6.92 Å². The predicted molar refractivity (Wildman–Crippen MR) is 69.9 cm³/mol. The number of carbonyl (C=O) groups is 1. The summed E-state index contributed by atoms with van der Waals surface area (Å²) in [6.45, 7) is 1.54. The lowest BCUT2D eigenvalue weighted by Crippen LogP contribution is -2.18. The fourth-order valence-corrected chi connectivity index (χ4v) is 2.65. The number of hydrogen-bond donors (Lipinski definition) is 1. The molecule has 0 radical (unpaired) electrons. The predicted octanol–water partition coefficient (Wildman–Crippen LogP) is 3.32. The largest absolute Gasteiger partial charge is 0.318 e. The Kier molecular flexibility index (Phi) is 3.95. The quantitative estimate of drug-likeness (QED) is 0.867. The van der Waals surface area contributed by atoms with Crippen molar-refractivity contribution in [1.29, 1.82) is 0 Å². The molecule has 1 aliphatic carbocycles. The highest BCUT2D eigenvalue weighted by Crippen LogP contribution is 2.32. The Balaban J connectivity index is 2.09. The van der Waals surface area contributed by atoms with Gasteiger partial charge in [-0.1, -0.05) is 43.5 Å². The summed E-state index contributed by atoms with van der Waals surface area (Å²) in [6, 6.07) is 7.85. The second kappa shape index (κ2) is 5.46. The van der Waals surface area contributed by atoms with E-state index in [1.165, 1.54) is 37.7 Å². The standard InChI is InChI=1S/C15H21NO/c1-11(17)15(16)14-9-7-13(8-10-14)12-5-3-2-4-6-12/h7-10,12,15H,2-6,16H2,1H3. The molecule has 0 bridgehead atoms. The second-order valence-electron chi connectivity index (χ2n) is 5.09. The van der Waals surface area contributed by atoms with Crippen molar-refractivity contribution in [3.8, 4) is 0 Å². The molecule has 1 unspecified atom stereocenters. The first-order valence-electron chi connectivity index (χ1n) is 6.54. The Bertz CT molecular complexity index is 376. The maximum atomic E-state index is 11.2. The Morgan fingerprint density at radius 1 is 1.18 bits per heavy atom. The van der Waals surface area contributed by atoms with E-state index in [9.17, 15) is 4.79 Å². The van der Waals surface area contributed by atoms with Crippen LogP contribution in [0.2, 0.25) is 0 Å². The van der Waals surface area contributed by atoms with Gasteiger partial charge in [-0.15, -0.1) is 0 Å². The topological polar surface area (TPSA) is 43.1 Å². The molecule has 92 valence electrons. The molecule has 2 rings (SSSR count). The molecular weight excluding hydrogens is 210 g/mol. The SMILES string of the molecule is CC(=O)C(N)c1ccc(C2CCCCC2)cc1. The Morgan fingerprint density at radius 3 is 2.29 bits per heavy atom. The summed E-state index contributed by atoms with van der Waals surface area (Å²) in [4.78, 5) is 11.2. The third-order valence-corrected chi connectivity index (χ3v) is 3.81. The average molecular weight is 231 g/mol. The molecule has 0 amide bonds. The summed E-state index contributed by atoms with van der Waals surface area (Å²) in [5.41, 5.74) is 8.15. The van der Waals surface area contributed by atoms with Crippen LogP contribution in [-0.4, -0.2) is 5.78 Å². The van der Waals surface area contributed by atoms with Crippen LogP contribution in [0.3, 0.4) is 0 Å². The highest BCUT2D eigenvalue weighted by Gasteiger charge is 2.16. The smallest absolute Gasteiger partial charge is 0.150 e. The van der Waals surface area contributed by atoms with Gasteiger partial charge in [0.25, 0.3) is 0 Å². The highest BCUT2D eigenvalue weighted by molar-refractivity contribution is 5.82. The number of rotatable bonds is 3. The molecule has 1 fully saturated rings. The first-order chi connectivity index (χ1) is 8.18. The van der Waals surface area contributed by atoms with Crippen LogP contribution in [0.5, 0.6) is 0 Å². The molecule has 0 aliphatic heterocycles. The third-order valence-electron chi connectivity index (χ3n) is 3.81. The van der Waals surface area contributed by atoms with Crippen molar-refractivity contribution < 1.29 is 4.79 Å². The molecule has 1 aromatic rings. The third kappa shape index (κ3) is 2.95. The molecule has 1 aliphatic rings. The molecular formula is C15H21NO. The van der Waals surface area contributed by atoms with E-state index in [1.807, 2.05) is 12.1 Å². The molecule has 1 aromatic carbocycles. The average Bonchev–Trinajstić information content (AvgIpc) is 2.39. The number of hydrogen-bond acceptors (Lipinski definition) is 2. The van der Waals surface area contributed by atoms with Crippen LogP contribution in [0.25, 0.3) is 0 Å². The zero-order valence-corrected chi connectivity index (χ0v) is 10.5. The van der Waals surface area contributed by atoms with Gasteiger partial charge in [0.2, 0.25) is 0 Å². The van der Waals surface area contributed by atoms with Gasteiger partial charge in [-0.25, -0.2) is 0 Å². The van der Waals surface area contributed by atoms with Crippen LogP contribution in [0.15, 0.2) is 24.3 Å². The monoisotopic (exact) mass is 231 g/mol. The summed E-state index contributed by atoms with van der Waals surface area (Å²) in [5, 5.41) is 0. The number of ketones is 1. The maximum Gasteiger partial charge on any atom is 0.150 e. The van der Waals surface area contributed by atoms with Crippen LogP contribution in [0.4, 0.5) is 0 Å². The Morgan fingerprint density at radius 2 is 1.76 bits per heavy atom. The van der Waals surface area contributed by atoms with Crippen LogP contribution in [0.1, 0.15) is 62.1 Å². The molecule has 2 nitrogen and oxygen atoms in total. The van der Waals surface area contributed by atoms with Crippen LogP contribution < -0.4 is 5.73 Å². The van der Waals surface area contributed by atoms with Gasteiger partial charge < -0.3 is 5.73 Å². The number of nitrogens with two attached hydrogens (primary N) is 1. The van der Waals surface area contributed by atoms with Gasteiger partial charge in [0, 0.05) is 0 Å². The van der Waals surface area contributed by atoms with E-state index < -0.39 is 6.04 Å². The van der Waals surface area contributed by atoms with Gasteiger partial charge in [-0.05, 0) is 36.8 Å². The van der Waals surface area contributed by atoms with E-state index in [0.29, 0.717) is 5.92 Å². The van der Waals surface area contributed by atoms with Crippen molar-refractivity contribution in [3.05, 3.63) is 35.4 Å². The number of Topliss-reactive ketones (excluding diaryl/α,β-unsaturated/α-hetero) is 1. The van der Waals surface area contributed by atoms with Gasteiger partial charge >= 0.3 is 0 Å². The molecule has 0 saturated heterocycles. The van der Waals surface area contributed by atoms with Gasteiger partial charge in [0.05, 0.1) is 6.04 Å². The number of carbonyl (C=O) groups excluding carboxylic acids is 1. The molecule has 2 N–H and O–H groups in total. The minimum absolute atomic E-state index is 0.0235. The number of benzene rings is 1. The van der Waals surface area contributed by atoms with Gasteiger partial charge in [0.15, 0.2) is 5.78 Å². The zero-order valence-electron chi connectivity index (χ0n) is 10.5. The molecule has 0 aromatic heterocycles. The minimum Gasteiger partial charge on any atom is -0.318 e. The maximum absolute atomic E-state index is 11.2. The van der Waals surface area contributed by atoms with E-state index >= 15 is 0 Å². The molecule has 1 atom stereocenters. The lowest BCUT2D eigenvalue weighted by atomic mass is 9.83. The molecule has 0 spiro atoms.